The number of aromatic amines is 1. The molecule has 3 N–H and O–H groups in total. The van der Waals surface area contributed by atoms with Crippen LogP contribution in [0.4, 0.5) is 0 Å². The van der Waals surface area contributed by atoms with Gasteiger partial charge < -0.3 is 15.2 Å². The number of aromatic nitrogens is 1. The molecule has 3 aromatic rings. The fourth-order valence-corrected chi connectivity index (χ4v) is 3.25. The first kappa shape index (κ1) is 15.8. The predicted molar refractivity (Wildman–Crippen MR) is 92.2 cm³/mol. The van der Waals surface area contributed by atoms with E-state index < -0.39 is 17.5 Å². The molecule has 0 unspecified atom stereocenters. The van der Waals surface area contributed by atoms with Gasteiger partial charge in [-0.3, -0.25) is 4.79 Å². The standard InChI is InChI=1S/C18H13NO4S/c20-14(9-15(21)18(22)23)17-13(6-7-19-17)16-8-12(10-24-16)11-4-2-1-3-5-11/h1-10,19,21H,(H,22,23). The molecular weight excluding hydrogens is 326 g/mol. The number of carboxylic acid groups (broad SMARTS) is 1. The Balaban J connectivity index is 1.94. The Morgan fingerprint density at radius 2 is 1.79 bits per heavy atom. The molecule has 0 aliphatic carbocycles. The maximum atomic E-state index is 12.2. The van der Waals surface area contributed by atoms with Crippen LogP contribution in [0.5, 0.6) is 0 Å². The highest BCUT2D eigenvalue weighted by molar-refractivity contribution is 7.14. The molecule has 24 heavy (non-hydrogen) atoms. The number of carbonyl (C=O) groups excluding carboxylic acids is 1. The summed E-state index contributed by atoms with van der Waals surface area (Å²) in [4.78, 5) is 26.5. The molecule has 0 amide bonds. The number of rotatable bonds is 5. The van der Waals surface area contributed by atoms with Crippen molar-refractivity contribution in [3.63, 3.8) is 0 Å². The lowest BCUT2D eigenvalue weighted by Gasteiger charge is -1.99. The van der Waals surface area contributed by atoms with Crippen LogP contribution in [-0.2, 0) is 4.79 Å². The van der Waals surface area contributed by atoms with E-state index in [2.05, 4.69) is 4.98 Å². The zero-order chi connectivity index (χ0) is 17.1. The van der Waals surface area contributed by atoms with E-state index in [1.165, 1.54) is 11.3 Å². The Hall–Kier alpha value is -3.12. The molecule has 0 bridgehead atoms. The summed E-state index contributed by atoms with van der Waals surface area (Å²) in [5, 5.41) is 19.9. The van der Waals surface area contributed by atoms with Gasteiger partial charge in [-0.15, -0.1) is 11.3 Å². The summed E-state index contributed by atoms with van der Waals surface area (Å²) in [5.74, 6) is -3.12. The van der Waals surface area contributed by atoms with E-state index in [0.717, 1.165) is 16.0 Å². The number of aliphatic carboxylic acids is 1. The van der Waals surface area contributed by atoms with E-state index in [1.807, 2.05) is 41.8 Å². The molecular formula is C18H13NO4S. The second kappa shape index (κ2) is 6.55. The van der Waals surface area contributed by atoms with Gasteiger partial charge in [0, 0.05) is 22.7 Å². The monoisotopic (exact) mass is 339 g/mol. The maximum absolute atomic E-state index is 12.2. The van der Waals surface area contributed by atoms with Gasteiger partial charge in [0.1, 0.15) is 0 Å². The summed E-state index contributed by atoms with van der Waals surface area (Å²) in [5.41, 5.74) is 3.02. The van der Waals surface area contributed by atoms with Crippen LogP contribution < -0.4 is 0 Å². The van der Waals surface area contributed by atoms with E-state index in [4.69, 9.17) is 5.11 Å². The van der Waals surface area contributed by atoms with Crippen molar-refractivity contribution in [2.45, 2.75) is 0 Å². The largest absolute Gasteiger partial charge is 0.502 e. The van der Waals surface area contributed by atoms with Crippen molar-refractivity contribution in [3.8, 4) is 21.6 Å². The minimum absolute atomic E-state index is 0.240. The molecule has 0 saturated carbocycles. The van der Waals surface area contributed by atoms with Crippen LogP contribution >= 0.6 is 11.3 Å². The molecule has 0 radical (unpaired) electrons. The van der Waals surface area contributed by atoms with Crippen LogP contribution in [0.25, 0.3) is 21.6 Å². The summed E-state index contributed by atoms with van der Waals surface area (Å²) in [7, 11) is 0. The molecule has 1 aromatic carbocycles. The number of ketones is 1. The third-order valence-corrected chi connectivity index (χ3v) is 4.42. The number of nitrogens with one attached hydrogen (secondary N) is 1. The Morgan fingerprint density at radius 1 is 1.04 bits per heavy atom. The fraction of sp³-hybridized carbons (Fsp3) is 0. The van der Waals surface area contributed by atoms with Crippen molar-refractivity contribution in [1.29, 1.82) is 0 Å². The van der Waals surface area contributed by atoms with Gasteiger partial charge in [-0.25, -0.2) is 4.79 Å². The van der Waals surface area contributed by atoms with Crippen LogP contribution in [0.3, 0.4) is 0 Å². The zero-order valence-corrected chi connectivity index (χ0v) is 13.2. The van der Waals surface area contributed by atoms with Crippen LogP contribution in [-0.4, -0.2) is 26.9 Å². The molecule has 2 aromatic heterocycles. The molecule has 0 spiro atoms. The summed E-state index contributed by atoms with van der Waals surface area (Å²) in [6.07, 6.45) is 2.31. The lowest BCUT2D eigenvalue weighted by atomic mass is 10.1. The van der Waals surface area contributed by atoms with Crippen molar-refractivity contribution < 1.29 is 19.8 Å². The molecule has 5 nitrogen and oxygen atoms in total. The number of hydrogen-bond donors (Lipinski definition) is 3. The fourth-order valence-electron chi connectivity index (χ4n) is 2.30. The SMILES string of the molecule is O=C(O)C(O)=CC(=O)c1[nH]ccc1-c1cc(-c2ccccc2)cs1. The maximum Gasteiger partial charge on any atom is 0.371 e. The molecule has 0 aliphatic rings. The Bertz CT molecular complexity index is 921. The highest BCUT2D eigenvalue weighted by Crippen LogP contribution is 2.34. The number of carbonyl (C=O) groups is 2. The normalized spacial score (nSPS) is 11.4. The molecule has 0 aliphatic heterocycles. The second-order valence-corrected chi connectivity index (χ2v) is 5.94. The van der Waals surface area contributed by atoms with E-state index in [9.17, 15) is 14.7 Å². The van der Waals surface area contributed by atoms with Crippen LogP contribution in [0.2, 0.25) is 0 Å². The number of aliphatic hydroxyl groups is 1. The van der Waals surface area contributed by atoms with Gasteiger partial charge in [-0.2, -0.15) is 0 Å². The molecule has 0 saturated heterocycles. The van der Waals surface area contributed by atoms with Gasteiger partial charge in [0.2, 0.25) is 11.5 Å². The van der Waals surface area contributed by atoms with Crippen molar-refractivity contribution in [3.05, 3.63) is 71.6 Å². The average molecular weight is 339 g/mol. The van der Waals surface area contributed by atoms with E-state index in [1.54, 1.807) is 12.3 Å². The van der Waals surface area contributed by atoms with E-state index in [-0.39, 0.29) is 5.69 Å². The number of thiophene rings is 1. The van der Waals surface area contributed by atoms with Crippen molar-refractivity contribution in [2.75, 3.05) is 0 Å². The summed E-state index contributed by atoms with van der Waals surface area (Å²) >= 11 is 1.49. The number of allylic oxidation sites excluding steroid dienone is 1. The molecule has 0 atom stereocenters. The van der Waals surface area contributed by atoms with Gasteiger partial charge in [0.15, 0.2) is 0 Å². The third-order valence-electron chi connectivity index (χ3n) is 3.45. The molecule has 2 heterocycles. The Morgan fingerprint density at radius 3 is 2.50 bits per heavy atom. The number of benzene rings is 1. The smallest absolute Gasteiger partial charge is 0.371 e. The Labute approximate surface area is 141 Å². The predicted octanol–water partition coefficient (Wildman–Crippen LogP) is 4.12. The summed E-state index contributed by atoms with van der Waals surface area (Å²) in [6, 6.07) is 13.6. The average Bonchev–Trinajstić information content (AvgIpc) is 3.24. The van der Waals surface area contributed by atoms with Crippen LogP contribution in [0.1, 0.15) is 10.5 Å². The first-order chi connectivity index (χ1) is 11.6. The number of hydrogen-bond acceptors (Lipinski definition) is 4. The zero-order valence-electron chi connectivity index (χ0n) is 12.4. The Kier molecular flexibility index (Phi) is 4.31. The van der Waals surface area contributed by atoms with Crippen molar-refractivity contribution in [2.24, 2.45) is 0 Å². The first-order valence-electron chi connectivity index (χ1n) is 7.06. The van der Waals surface area contributed by atoms with Gasteiger partial charge in [0.05, 0.1) is 5.69 Å². The topological polar surface area (TPSA) is 90.4 Å². The van der Waals surface area contributed by atoms with Crippen LogP contribution in [0.15, 0.2) is 65.9 Å². The van der Waals surface area contributed by atoms with Gasteiger partial charge in [0.25, 0.3) is 0 Å². The minimum atomic E-state index is -1.54. The van der Waals surface area contributed by atoms with Gasteiger partial charge in [-0.1, -0.05) is 30.3 Å². The lowest BCUT2D eigenvalue weighted by Crippen LogP contribution is -2.04. The summed E-state index contributed by atoms with van der Waals surface area (Å²) in [6.45, 7) is 0. The number of aliphatic hydroxyl groups excluding tert-OH is 1. The third kappa shape index (κ3) is 3.13. The number of H-pyrrole nitrogens is 1. The highest BCUT2D eigenvalue weighted by atomic mass is 32.1. The molecule has 0 fully saturated rings. The van der Waals surface area contributed by atoms with Crippen LogP contribution in [0, 0.1) is 0 Å². The quantitative estimate of drug-likeness (QED) is 0.370. The first-order valence-corrected chi connectivity index (χ1v) is 7.94. The molecule has 120 valence electrons. The van der Waals surface area contributed by atoms with Gasteiger partial charge in [-0.05, 0) is 28.6 Å². The second-order valence-electron chi connectivity index (χ2n) is 5.03. The van der Waals surface area contributed by atoms with E-state index >= 15 is 0 Å². The van der Waals surface area contributed by atoms with E-state index in [0.29, 0.717) is 11.6 Å². The molecule has 6 heteroatoms. The van der Waals surface area contributed by atoms with Gasteiger partial charge >= 0.3 is 5.97 Å². The minimum Gasteiger partial charge on any atom is -0.502 e. The van der Waals surface area contributed by atoms with Crippen molar-refractivity contribution >= 4 is 23.1 Å². The lowest BCUT2D eigenvalue weighted by molar-refractivity contribution is -0.135. The molecule has 3 rings (SSSR count). The van der Waals surface area contributed by atoms with Crippen molar-refractivity contribution in [1.82, 2.24) is 4.98 Å². The number of carboxylic acids is 1. The highest BCUT2D eigenvalue weighted by Gasteiger charge is 2.16. The summed E-state index contributed by atoms with van der Waals surface area (Å²) < 4.78 is 0.